The van der Waals surface area contributed by atoms with Gasteiger partial charge in [0.2, 0.25) is 11.8 Å². The first-order chi connectivity index (χ1) is 12.4. The number of fused-ring (bicyclic) bond motifs is 1. The van der Waals surface area contributed by atoms with Gasteiger partial charge in [0.25, 0.3) is 0 Å². The highest BCUT2D eigenvalue weighted by molar-refractivity contribution is 5.96. The zero-order valence-corrected chi connectivity index (χ0v) is 15.1. The van der Waals surface area contributed by atoms with E-state index in [2.05, 4.69) is 10.6 Å². The van der Waals surface area contributed by atoms with Crippen molar-refractivity contribution < 1.29 is 14.0 Å². The molecule has 26 heavy (non-hydrogen) atoms. The SMILES string of the molecule is Cc1ccc2c(CC(=O)Nc3ccc(NC(=O)C(C)C)cc3)coc2c1. The predicted octanol–water partition coefficient (Wildman–Crippen LogP) is 4.52. The van der Waals surface area contributed by atoms with E-state index in [0.29, 0.717) is 11.4 Å². The van der Waals surface area contributed by atoms with Gasteiger partial charge < -0.3 is 15.1 Å². The first-order valence-electron chi connectivity index (χ1n) is 8.60. The molecule has 2 aromatic carbocycles. The second-order valence-electron chi connectivity index (χ2n) is 6.71. The van der Waals surface area contributed by atoms with Crippen molar-refractivity contribution in [1.29, 1.82) is 0 Å². The zero-order valence-electron chi connectivity index (χ0n) is 15.1. The van der Waals surface area contributed by atoms with E-state index in [1.165, 1.54) is 0 Å². The number of benzene rings is 2. The van der Waals surface area contributed by atoms with Crippen LogP contribution in [0, 0.1) is 12.8 Å². The molecule has 2 N–H and O–H groups in total. The summed E-state index contributed by atoms with van der Waals surface area (Å²) in [5, 5.41) is 6.64. The Morgan fingerprint density at radius 2 is 1.65 bits per heavy atom. The summed E-state index contributed by atoms with van der Waals surface area (Å²) in [7, 11) is 0. The summed E-state index contributed by atoms with van der Waals surface area (Å²) in [6.07, 6.45) is 1.87. The number of amides is 2. The van der Waals surface area contributed by atoms with Gasteiger partial charge in [0, 0.05) is 28.2 Å². The Kier molecular flexibility index (Phi) is 5.07. The molecule has 5 nitrogen and oxygen atoms in total. The standard InChI is InChI=1S/C21H22N2O3/c1-13(2)21(25)23-17-7-5-16(6-8-17)22-20(24)11-15-12-26-19-10-14(3)4-9-18(15)19/h4-10,12-13H,11H2,1-3H3,(H,22,24)(H,23,25). The van der Waals surface area contributed by atoms with Gasteiger partial charge in [-0.1, -0.05) is 26.0 Å². The van der Waals surface area contributed by atoms with Crippen molar-refractivity contribution in [2.75, 3.05) is 10.6 Å². The molecule has 0 bridgehead atoms. The highest BCUT2D eigenvalue weighted by Crippen LogP contribution is 2.23. The van der Waals surface area contributed by atoms with Gasteiger partial charge in [0.15, 0.2) is 0 Å². The third kappa shape index (κ3) is 4.11. The average molecular weight is 350 g/mol. The summed E-state index contributed by atoms with van der Waals surface area (Å²) in [4.78, 5) is 24.0. The number of carbonyl (C=O) groups excluding carboxylic acids is 2. The van der Waals surface area contributed by atoms with E-state index in [1.54, 1.807) is 30.5 Å². The molecule has 3 rings (SSSR count). The summed E-state index contributed by atoms with van der Waals surface area (Å²) in [6, 6.07) is 13.0. The lowest BCUT2D eigenvalue weighted by Gasteiger charge is -2.09. The molecule has 5 heteroatoms. The van der Waals surface area contributed by atoms with Crippen LogP contribution in [0.1, 0.15) is 25.0 Å². The second-order valence-corrected chi connectivity index (χ2v) is 6.71. The number of nitrogens with one attached hydrogen (secondary N) is 2. The van der Waals surface area contributed by atoms with Crippen molar-refractivity contribution in [2.45, 2.75) is 27.2 Å². The van der Waals surface area contributed by atoms with Crippen molar-refractivity contribution in [3.63, 3.8) is 0 Å². The molecule has 0 aliphatic heterocycles. The van der Waals surface area contributed by atoms with Crippen molar-refractivity contribution in [3.05, 3.63) is 59.9 Å². The zero-order chi connectivity index (χ0) is 18.7. The van der Waals surface area contributed by atoms with Crippen molar-refractivity contribution in [1.82, 2.24) is 0 Å². The van der Waals surface area contributed by atoms with E-state index in [1.807, 2.05) is 39.0 Å². The molecule has 2 amide bonds. The molecule has 0 atom stereocenters. The summed E-state index contributed by atoms with van der Waals surface area (Å²) < 4.78 is 5.53. The van der Waals surface area contributed by atoms with E-state index < -0.39 is 0 Å². The fraction of sp³-hybridized carbons (Fsp3) is 0.238. The predicted molar refractivity (Wildman–Crippen MR) is 103 cm³/mol. The quantitative estimate of drug-likeness (QED) is 0.711. The number of hydrogen-bond acceptors (Lipinski definition) is 3. The Balaban J connectivity index is 1.63. The van der Waals surface area contributed by atoms with Gasteiger partial charge in [0.05, 0.1) is 12.7 Å². The summed E-state index contributed by atoms with van der Waals surface area (Å²) in [6.45, 7) is 5.68. The Bertz CT molecular complexity index is 940. The maximum atomic E-state index is 12.3. The Morgan fingerprint density at radius 3 is 2.31 bits per heavy atom. The fourth-order valence-corrected chi connectivity index (χ4v) is 2.63. The number of carbonyl (C=O) groups is 2. The van der Waals surface area contributed by atoms with Gasteiger partial charge >= 0.3 is 0 Å². The molecule has 134 valence electrons. The number of aryl methyl sites for hydroxylation is 1. The molecule has 0 fully saturated rings. The van der Waals surface area contributed by atoms with E-state index in [9.17, 15) is 9.59 Å². The largest absolute Gasteiger partial charge is 0.464 e. The maximum Gasteiger partial charge on any atom is 0.228 e. The highest BCUT2D eigenvalue weighted by Gasteiger charge is 2.11. The van der Waals surface area contributed by atoms with E-state index >= 15 is 0 Å². The molecular formula is C21H22N2O3. The van der Waals surface area contributed by atoms with Crippen LogP contribution >= 0.6 is 0 Å². The minimum Gasteiger partial charge on any atom is -0.464 e. The number of hydrogen-bond donors (Lipinski definition) is 2. The molecule has 1 aromatic heterocycles. The van der Waals surface area contributed by atoms with Crippen LogP contribution in [0.3, 0.4) is 0 Å². The van der Waals surface area contributed by atoms with Crippen LogP contribution in [0.4, 0.5) is 11.4 Å². The summed E-state index contributed by atoms with van der Waals surface area (Å²) in [5.41, 5.74) is 4.16. The van der Waals surface area contributed by atoms with Crippen molar-refractivity contribution >= 4 is 34.2 Å². The van der Waals surface area contributed by atoms with Crippen molar-refractivity contribution in [2.24, 2.45) is 5.92 Å². The lowest BCUT2D eigenvalue weighted by Crippen LogP contribution is -2.18. The van der Waals surface area contributed by atoms with E-state index in [4.69, 9.17) is 4.42 Å². The fourth-order valence-electron chi connectivity index (χ4n) is 2.63. The van der Waals surface area contributed by atoms with Gasteiger partial charge in [-0.3, -0.25) is 9.59 Å². The van der Waals surface area contributed by atoms with Crippen LogP contribution in [0.25, 0.3) is 11.0 Å². The molecule has 0 radical (unpaired) electrons. The van der Waals surface area contributed by atoms with Crippen LogP contribution in [0.5, 0.6) is 0 Å². The minimum atomic E-state index is -0.118. The van der Waals surface area contributed by atoms with Crippen LogP contribution in [0.15, 0.2) is 53.1 Å². The van der Waals surface area contributed by atoms with Crippen molar-refractivity contribution in [3.8, 4) is 0 Å². The van der Waals surface area contributed by atoms with E-state index in [0.717, 1.165) is 22.1 Å². The van der Waals surface area contributed by atoms with Crippen LogP contribution in [-0.4, -0.2) is 11.8 Å². The average Bonchev–Trinajstić information content (AvgIpc) is 2.98. The molecular weight excluding hydrogens is 328 g/mol. The maximum absolute atomic E-state index is 12.3. The van der Waals surface area contributed by atoms with Gasteiger partial charge in [-0.2, -0.15) is 0 Å². The first kappa shape index (κ1) is 17.7. The first-order valence-corrected chi connectivity index (χ1v) is 8.60. The molecule has 0 saturated carbocycles. The van der Waals surface area contributed by atoms with E-state index in [-0.39, 0.29) is 24.2 Å². The van der Waals surface area contributed by atoms with Crippen LogP contribution < -0.4 is 10.6 Å². The molecule has 0 spiro atoms. The van der Waals surface area contributed by atoms with Gasteiger partial charge in [-0.25, -0.2) is 0 Å². The van der Waals surface area contributed by atoms with Gasteiger partial charge in [-0.05, 0) is 42.8 Å². The molecule has 1 heterocycles. The van der Waals surface area contributed by atoms with Gasteiger partial charge in [0.1, 0.15) is 5.58 Å². The normalized spacial score (nSPS) is 10.9. The molecule has 0 aliphatic carbocycles. The Morgan fingerprint density at radius 1 is 1.00 bits per heavy atom. The number of furan rings is 1. The van der Waals surface area contributed by atoms with Gasteiger partial charge in [-0.15, -0.1) is 0 Å². The summed E-state index contributed by atoms with van der Waals surface area (Å²) >= 11 is 0. The second kappa shape index (κ2) is 7.44. The van der Waals surface area contributed by atoms with Crippen LogP contribution in [-0.2, 0) is 16.0 Å². The Labute approximate surface area is 152 Å². The topological polar surface area (TPSA) is 71.3 Å². The number of rotatable bonds is 5. The summed E-state index contributed by atoms with van der Waals surface area (Å²) in [5.74, 6) is -0.237. The number of anilines is 2. The minimum absolute atomic E-state index is 0.0381. The smallest absolute Gasteiger partial charge is 0.228 e. The lowest BCUT2D eigenvalue weighted by atomic mass is 10.1. The highest BCUT2D eigenvalue weighted by atomic mass is 16.3. The third-order valence-electron chi connectivity index (χ3n) is 4.12. The molecule has 0 aliphatic rings. The molecule has 0 saturated heterocycles. The third-order valence-corrected chi connectivity index (χ3v) is 4.12. The molecule has 0 unspecified atom stereocenters. The monoisotopic (exact) mass is 350 g/mol. The molecule has 3 aromatic rings. The lowest BCUT2D eigenvalue weighted by molar-refractivity contribution is -0.119. The Hall–Kier alpha value is -3.08. The van der Waals surface area contributed by atoms with Crippen LogP contribution in [0.2, 0.25) is 0 Å².